The zero-order chi connectivity index (χ0) is 57.4. The number of benzene rings is 9. The first kappa shape index (κ1) is 51.8. The lowest BCUT2D eigenvalue weighted by Crippen LogP contribution is -2.59. The predicted octanol–water partition coefficient (Wildman–Crippen LogP) is 14.4. The minimum absolute atomic E-state index is 0.0546. The van der Waals surface area contributed by atoms with Crippen molar-refractivity contribution in [2.75, 3.05) is 36.6 Å². The summed E-state index contributed by atoms with van der Waals surface area (Å²) in [5, 5.41) is 0. The van der Waals surface area contributed by atoms with Crippen LogP contribution in [0.3, 0.4) is 0 Å². The molecule has 14 heteroatoms. The van der Waals surface area contributed by atoms with Crippen LogP contribution in [-0.2, 0) is 0 Å². The molecule has 0 saturated heterocycles. The van der Waals surface area contributed by atoms with Gasteiger partial charge in [-0.2, -0.15) is 22.7 Å². The van der Waals surface area contributed by atoms with E-state index in [1.807, 2.05) is 46.6 Å². The maximum atomic E-state index is 7.21. The van der Waals surface area contributed by atoms with Crippen LogP contribution in [-0.4, -0.2) is 38.9 Å². The van der Waals surface area contributed by atoms with Crippen LogP contribution in [0.15, 0.2) is 170 Å². The van der Waals surface area contributed by atoms with E-state index < -0.39 is 0 Å². The van der Waals surface area contributed by atoms with Crippen molar-refractivity contribution in [3.63, 3.8) is 0 Å². The minimum Gasteiger partial charge on any atom is -0.458 e. The van der Waals surface area contributed by atoms with Crippen LogP contribution in [0, 0.1) is 41.5 Å². The van der Waals surface area contributed by atoms with Crippen LogP contribution >= 0.6 is 58.5 Å². The van der Waals surface area contributed by atoms with Gasteiger partial charge in [0.1, 0.15) is 23.0 Å². The van der Waals surface area contributed by atoms with Gasteiger partial charge in [0.2, 0.25) is 0 Å². The van der Waals surface area contributed by atoms with Gasteiger partial charge >= 0.3 is 0 Å². The highest BCUT2D eigenvalue weighted by molar-refractivity contribution is 8.01. The van der Waals surface area contributed by atoms with Crippen LogP contribution in [0.1, 0.15) is 33.4 Å². The normalized spacial score (nSPS) is 14.1. The van der Waals surface area contributed by atoms with Crippen molar-refractivity contribution in [2.24, 2.45) is 0 Å². The molecule has 0 atom stereocenters. The number of thiophene rings is 2. The van der Waals surface area contributed by atoms with Crippen molar-refractivity contribution in [2.45, 2.75) is 41.5 Å². The van der Waals surface area contributed by atoms with Crippen LogP contribution in [0.25, 0.3) is 33.4 Å². The van der Waals surface area contributed by atoms with Crippen LogP contribution in [0.5, 0.6) is 23.0 Å². The Balaban J connectivity index is 0.993. The average Bonchev–Trinajstić information content (AvgIpc) is 1.59. The number of hydrogen-bond acceptors (Lipinski definition) is 11. The molecule has 0 amide bonds. The number of hydrogen-bond donors (Lipinski definition) is 0. The first-order valence-electron chi connectivity index (χ1n) is 29.0. The molecule has 8 heterocycles. The summed E-state index contributed by atoms with van der Waals surface area (Å²) in [6.45, 7) is 13.3. The Hall–Kier alpha value is -7.58. The molecule has 0 aliphatic carbocycles. The summed E-state index contributed by atoms with van der Waals surface area (Å²) in [4.78, 5) is 2.61. The Kier molecular flexibility index (Phi) is 11.7. The molecule has 2 aromatic heterocycles. The predicted molar refractivity (Wildman–Crippen MR) is 375 cm³/mol. The molecule has 6 aliphatic rings. The first-order chi connectivity index (χ1) is 41.5. The second-order valence-corrected chi connectivity index (χ2v) is 27.6. The van der Waals surface area contributed by atoms with E-state index in [0.29, 0.717) is 0 Å². The zero-order valence-corrected chi connectivity index (χ0v) is 52.6. The molecule has 0 saturated carbocycles. The van der Waals surface area contributed by atoms with Gasteiger partial charge in [0.25, 0.3) is 20.1 Å². The lowest BCUT2D eigenvalue weighted by atomic mass is 9.36. The average molecular weight is 1190 g/mol. The molecule has 0 radical (unpaired) electrons. The third-order valence-electron chi connectivity index (χ3n) is 18.6. The largest absolute Gasteiger partial charge is 0.458 e. The highest BCUT2D eigenvalue weighted by atomic mass is 32.2. The Morgan fingerprint density at radius 2 is 0.694 bits per heavy atom. The van der Waals surface area contributed by atoms with Gasteiger partial charge in [-0.15, -0.1) is 0 Å². The van der Waals surface area contributed by atoms with Crippen molar-refractivity contribution < 1.29 is 9.47 Å². The molecule has 0 unspecified atom stereocenters. The van der Waals surface area contributed by atoms with E-state index >= 15 is 0 Å². The highest BCUT2D eigenvalue weighted by Gasteiger charge is 2.55. The molecule has 6 nitrogen and oxygen atoms in total. The summed E-state index contributed by atoms with van der Waals surface area (Å²) in [5.41, 5.74) is 32.0. The Morgan fingerprint density at radius 1 is 0.341 bits per heavy atom. The highest BCUT2D eigenvalue weighted by Crippen LogP contribution is 2.56. The van der Waals surface area contributed by atoms with E-state index in [9.17, 15) is 0 Å². The molecule has 17 rings (SSSR count). The SMILES string of the molecule is CSN1c2cc(-c3c(C)cccc3C)cc3c2B(c2ccccc2O3)c2sc3c(c21)N(SC)c1cc(-c2c(C)cccc2C)cc2c1B3c1sc3c(c1N2SC)N(c1ccccc1)c1cc(-c2c(C)cccc2C)cc2c1B3c1ccccc1O2. The Morgan fingerprint density at radius 3 is 1.14 bits per heavy atom. The molecule has 9 aromatic carbocycles. The van der Waals surface area contributed by atoms with Crippen LogP contribution < -0.4 is 73.7 Å². The van der Waals surface area contributed by atoms with E-state index in [1.54, 1.807) is 11.9 Å². The number of anilines is 9. The van der Waals surface area contributed by atoms with E-state index in [2.05, 4.69) is 248 Å². The number of para-hydroxylation sites is 3. The monoisotopic (exact) mass is 1190 g/mol. The van der Waals surface area contributed by atoms with Gasteiger partial charge in [0.05, 0.1) is 39.8 Å². The maximum Gasteiger partial charge on any atom is 0.277 e. The summed E-state index contributed by atoms with van der Waals surface area (Å²) in [7, 11) is 0. The third-order valence-corrected chi connectivity index (χ3v) is 23.4. The smallest absolute Gasteiger partial charge is 0.277 e. The standard InChI is InChI=1S/C71H55B3N4O2S5/c1-38-20-17-21-39(2)58(38)44-33-51-61-52(34-44)77(82-8)67-66-69(73-49-29-14-16-31-55(49)80-57-37-46(35-53(63(57)73)78(66)83-9)60-42(5)24-19-25-43(60)6)85-71(67)74(61)70-65(76(51)81-7)64-68(84-70)72-48-28-13-15-30-54(48)79-56-36-45(59-40(3)22-18-23-41(59)4)32-50(62(56)72)75(64)47-26-11-10-12-27-47/h10-37H,1-9H3. The summed E-state index contributed by atoms with van der Waals surface area (Å²) < 4.78 is 27.6. The molecule has 85 heavy (non-hydrogen) atoms. The number of fused-ring (bicyclic) bond motifs is 14. The molecule has 0 spiro atoms. The van der Waals surface area contributed by atoms with E-state index in [1.165, 1.54) is 147 Å². The molecular weight excluding hydrogens is 1130 g/mol. The fraction of sp³-hybridized carbons (Fsp3) is 0.127. The van der Waals surface area contributed by atoms with Crippen molar-refractivity contribution in [1.82, 2.24) is 0 Å². The molecular formula is C71H55B3N4O2S5. The molecule has 0 N–H and O–H groups in total. The van der Waals surface area contributed by atoms with Gasteiger partial charge in [0, 0.05) is 49.2 Å². The van der Waals surface area contributed by atoms with Gasteiger partial charge in [-0.1, -0.05) is 109 Å². The fourth-order valence-corrected chi connectivity index (χ4v) is 20.7. The van der Waals surface area contributed by atoms with Crippen molar-refractivity contribution in [3.05, 3.63) is 203 Å². The van der Waals surface area contributed by atoms with Gasteiger partial charge in [-0.05, 0) is 232 Å². The van der Waals surface area contributed by atoms with Crippen molar-refractivity contribution >= 4 is 176 Å². The second-order valence-electron chi connectivity index (χ2n) is 23.3. The minimum atomic E-state index is -0.105. The van der Waals surface area contributed by atoms with E-state index in [4.69, 9.17) is 9.47 Å². The van der Waals surface area contributed by atoms with Gasteiger partial charge in [-0.25, -0.2) is 0 Å². The Labute approximate surface area is 519 Å². The van der Waals surface area contributed by atoms with Gasteiger partial charge in [-0.3, -0.25) is 12.9 Å². The topological polar surface area (TPSA) is 31.4 Å². The third kappa shape index (κ3) is 7.20. The van der Waals surface area contributed by atoms with Crippen LogP contribution in [0.2, 0.25) is 0 Å². The molecule has 6 aliphatic heterocycles. The quantitative estimate of drug-likeness (QED) is 0.114. The summed E-state index contributed by atoms with van der Waals surface area (Å²) in [6, 6.07) is 63.4. The number of rotatable bonds is 7. The molecule has 0 bridgehead atoms. The second kappa shape index (κ2) is 19.2. The number of aryl methyl sites for hydroxylation is 6. The lowest BCUT2D eigenvalue weighted by molar-refractivity contribution is 0.487. The van der Waals surface area contributed by atoms with E-state index in [-0.39, 0.29) is 20.1 Å². The van der Waals surface area contributed by atoms with Crippen molar-refractivity contribution in [3.8, 4) is 56.4 Å². The number of ether oxygens (including phenoxy) is 2. The molecule has 0 fully saturated rings. The Bertz CT molecular complexity index is 4670. The summed E-state index contributed by atoms with van der Waals surface area (Å²) in [5.74, 6) is 3.68. The molecule has 11 aromatic rings. The number of nitrogens with zero attached hydrogens (tertiary/aromatic N) is 4. The zero-order valence-electron chi connectivity index (χ0n) is 48.5. The van der Waals surface area contributed by atoms with Gasteiger partial charge in [0.15, 0.2) is 0 Å². The maximum absolute atomic E-state index is 7.21. The summed E-state index contributed by atoms with van der Waals surface area (Å²) in [6.07, 6.45) is 6.81. The van der Waals surface area contributed by atoms with Crippen LogP contribution in [0.4, 0.5) is 51.2 Å². The molecule has 410 valence electrons. The lowest BCUT2D eigenvalue weighted by Gasteiger charge is -2.43. The van der Waals surface area contributed by atoms with Gasteiger partial charge < -0.3 is 14.4 Å². The van der Waals surface area contributed by atoms with Crippen molar-refractivity contribution in [1.29, 1.82) is 0 Å². The fourth-order valence-electron chi connectivity index (χ4n) is 15.3. The van der Waals surface area contributed by atoms with E-state index in [0.717, 1.165) is 39.9 Å². The summed E-state index contributed by atoms with van der Waals surface area (Å²) >= 11 is 9.49. The first-order valence-corrected chi connectivity index (χ1v) is 34.2.